The topological polar surface area (TPSA) is 17.1 Å². The van der Waals surface area contributed by atoms with Crippen LogP contribution in [-0.4, -0.2) is 5.78 Å². The summed E-state index contributed by atoms with van der Waals surface area (Å²) in [4.78, 5) is 12.2. The molecule has 21 heavy (non-hydrogen) atoms. The van der Waals surface area contributed by atoms with Crippen LogP contribution < -0.4 is 0 Å². The molecule has 0 amide bonds. The van der Waals surface area contributed by atoms with Gasteiger partial charge >= 0.3 is 0 Å². The third kappa shape index (κ3) is 2.42. The number of carbonyl (C=O) groups is 1. The molecule has 3 aromatic rings. The molecule has 0 aliphatic heterocycles. The fourth-order valence-corrected chi connectivity index (χ4v) is 3.03. The molecule has 1 nitrogen and oxygen atoms in total. The van der Waals surface area contributed by atoms with Crippen molar-refractivity contribution < 1.29 is 22.4 Å². The summed E-state index contributed by atoms with van der Waals surface area (Å²) in [6.45, 7) is 0. The van der Waals surface area contributed by atoms with Gasteiger partial charge in [-0.05, 0) is 23.6 Å². The first-order chi connectivity index (χ1) is 9.95. The Morgan fingerprint density at radius 2 is 1.52 bits per heavy atom. The van der Waals surface area contributed by atoms with E-state index in [4.69, 9.17) is 0 Å². The lowest BCUT2D eigenvalue weighted by molar-refractivity contribution is 0.103. The number of benzene rings is 2. The van der Waals surface area contributed by atoms with E-state index in [1.807, 2.05) is 0 Å². The van der Waals surface area contributed by atoms with Gasteiger partial charge in [0, 0.05) is 16.8 Å². The maximum Gasteiger partial charge on any atom is 0.208 e. The monoisotopic (exact) mass is 310 g/mol. The summed E-state index contributed by atoms with van der Waals surface area (Å²) in [7, 11) is 0. The maximum atomic E-state index is 13.6. The van der Waals surface area contributed by atoms with Crippen LogP contribution in [0.4, 0.5) is 17.6 Å². The van der Waals surface area contributed by atoms with Crippen molar-refractivity contribution in [3.8, 4) is 0 Å². The van der Waals surface area contributed by atoms with Crippen molar-refractivity contribution in [1.29, 1.82) is 0 Å². The number of hydrogen-bond acceptors (Lipinski definition) is 2. The Kier molecular flexibility index (Phi) is 3.25. The van der Waals surface area contributed by atoms with Crippen LogP contribution >= 0.6 is 11.3 Å². The third-order valence-corrected chi connectivity index (χ3v) is 4.04. The lowest BCUT2D eigenvalue weighted by Crippen LogP contribution is -2.06. The van der Waals surface area contributed by atoms with E-state index in [0.29, 0.717) is 22.2 Å². The van der Waals surface area contributed by atoms with Crippen LogP contribution in [0.15, 0.2) is 36.4 Å². The van der Waals surface area contributed by atoms with Gasteiger partial charge < -0.3 is 0 Å². The van der Waals surface area contributed by atoms with E-state index in [1.54, 1.807) is 0 Å². The molecule has 1 aromatic heterocycles. The minimum atomic E-state index is -1.26. The molecule has 0 aliphatic rings. The van der Waals surface area contributed by atoms with Gasteiger partial charge in [0.25, 0.3) is 0 Å². The normalized spacial score (nSPS) is 11.0. The zero-order valence-corrected chi connectivity index (χ0v) is 11.1. The Morgan fingerprint density at radius 1 is 0.857 bits per heavy atom. The van der Waals surface area contributed by atoms with Gasteiger partial charge in [0.05, 0.1) is 10.4 Å². The quantitative estimate of drug-likeness (QED) is 0.496. The molecule has 6 heteroatoms. The highest BCUT2D eigenvalue weighted by atomic mass is 32.1. The Labute approximate surface area is 120 Å². The summed E-state index contributed by atoms with van der Waals surface area (Å²) in [5.41, 5.74) is -0.816. The van der Waals surface area contributed by atoms with Crippen molar-refractivity contribution in [2.24, 2.45) is 0 Å². The molecule has 1 heterocycles. The van der Waals surface area contributed by atoms with Crippen molar-refractivity contribution in [2.75, 3.05) is 0 Å². The van der Waals surface area contributed by atoms with E-state index in [9.17, 15) is 22.4 Å². The van der Waals surface area contributed by atoms with Gasteiger partial charge in [0.15, 0.2) is 0 Å². The first-order valence-corrected chi connectivity index (χ1v) is 6.65. The van der Waals surface area contributed by atoms with Gasteiger partial charge in [0.1, 0.15) is 23.3 Å². The molecule has 0 bridgehead atoms. The molecule has 0 saturated heterocycles. The molecule has 0 aliphatic carbocycles. The van der Waals surface area contributed by atoms with E-state index in [1.165, 1.54) is 24.3 Å². The van der Waals surface area contributed by atoms with Crippen LogP contribution in [0.25, 0.3) is 10.1 Å². The Bertz CT molecular complexity index is 846. The molecular weight excluding hydrogens is 304 g/mol. The molecule has 106 valence electrons. The summed E-state index contributed by atoms with van der Waals surface area (Å²) >= 11 is 0.919. The SMILES string of the molecule is O=C(c1cc2ccc(F)cc2s1)c1c(F)cc(F)cc1F. The van der Waals surface area contributed by atoms with Crippen molar-refractivity contribution in [3.05, 3.63) is 70.1 Å². The van der Waals surface area contributed by atoms with Gasteiger partial charge in [-0.25, -0.2) is 17.6 Å². The Hall–Kier alpha value is -2.21. The average molecular weight is 310 g/mol. The molecule has 0 fully saturated rings. The van der Waals surface area contributed by atoms with E-state index in [0.717, 1.165) is 11.3 Å². The molecule has 3 rings (SSSR count). The first-order valence-electron chi connectivity index (χ1n) is 5.84. The third-order valence-electron chi connectivity index (χ3n) is 2.94. The average Bonchev–Trinajstić information content (AvgIpc) is 2.80. The number of halogens is 4. The largest absolute Gasteiger partial charge is 0.287 e. The predicted molar refractivity (Wildman–Crippen MR) is 71.5 cm³/mol. The van der Waals surface area contributed by atoms with E-state index >= 15 is 0 Å². The number of fused-ring (bicyclic) bond motifs is 1. The van der Waals surface area contributed by atoms with E-state index in [2.05, 4.69) is 0 Å². The summed E-state index contributed by atoms with van der Waals surface area (Å²) in [6.07, 6.45) is 0. The van der Waals surface area contributed by atoms with E-state index in [-0.39, 0.29) is 4.88 Å². The van der Waals surface area contributed by atoms with Gasteiger partial charge in [0.2, 0.25) is 5.78 Å². The molecule has 0 N–H and O–H groups in total. The maximum absolute atomic E-state index is 13.6. The van der Waals surface area contributed by atoms with Crippen molar-refractivity contribution in [2.45, 2.75) is 0 Å². The highest BCUT2D eigenvalue weighted by Crippen LogP contribution is 2.29. The van der Waals surface area contributed by atoms with Crippen LogP contribution in [0.2, 0.25) is 0 Å². The summed E-state index contributed by atoms with van der Waals surface area (Å²) in [5, 5.41) is 0.590. The van der Waals surface area contributed by atoms with E-state index < -0.39 is 34.6 Å². The molecule has 2 aromatic carbocycles. The molecule has 0 saturated carbocycles. The van der Waals surface area contributed by atoms with Crippen LogP contribution in [0.1, 0.15) is 15.2 Å². The summed E-state index contributed by atoms with van der Waals surface area (Å²) in [6, 6.07) is 6.24. The van der Waals surface area contributed by atoms with Gasteiger partial charge in [-0.3, -0.25) is 4.79 Å². The second-order valence-corrected chi connectivity index (χ2v) is 5.45. The molecular formula is C15H6F4OS. The fraction of sp³-hybridized carbons (Fsp3) is 0. The number of rotatable bonds is 2. The van der Waals surface area contributed by atoms with Crippen LogP contribution in [0.5, 0.6) is 0 Å². The summed E-state index contributed by atoms with van der Waals surface area (Å²) in [5.74, 6) is -4.99. The fourth-order valence-electron chi connectivity index (χ4n) is 2.00. The van der Waals surface area contributed by atoms with Gasteiger partial charge in [-0.2, -0.15) is 0 Å². The van der Waals surface area contributed by atoms with Gasteiger partial charge in [-0.1, -0.05) is 6.07 Å². The molecule has 0 spiro atoms. The standard InChI is InChI=1S/C15H6F4OS/c16-8-2-1-7-3-13(21-12(7)6-8)15(20)14-10(18)4-9(17)5-11(14)19/h1-6H. The number of hydrogen-bond donors (Lipinski definition) is 0. The highest BCUT2D eigenvalue weighted by Gasteiger charge is 2.22. The minimum absolute atomic E-state index is 0.0556. The zero-order chi connectivity index (χ0) is 15.1. The van der Waals surface area contributed by atoms with Crippen LogP contribution in [0, 0.1) is 23.3 Å². The Balaban J connectivity index is 2.12. The lowest BCUT2D eigenvalue weighted by Gasteiger charge is -2.02. The van der Waals surface area contributed by atoms with Gasteiger partial charge in [-0.15, -0.1) is 11.3 Å². The highest BCUT2D eigenvalue weighted by molar-refractivity contribution is 7.21. The number of carbonyl (C=O) groups excluding carboxylic acids is 1. The van der Waals surface area contributed by atoms with Crippen molar-refractivity contribution in [1.82, 2.24) is 0 Å². The first kappa shape index (κ1) is 13.8. The number of ketones is 1. The predicted octanol–water partition coefficient (Wildman–Crippen LogP) is 4.69. The molecule has 0 unspecified atom stereocenters. The second-order valence-electron chi connectivity index (χ2n) is 4.37. The smallest absolute Gasteiger partial charge is 0.208 e. The Morgan fingerprint density at radius 3 is 2.19 bits per heavy atom. The molecule has 0 radical (unpaired) electrons. The van der Waals surface area contributed by atoms with Crippen LogP contribution in [0.3, 0.4) is 0 Å². The van der Waals surface area contributed by atoms with Crippen LogP contribution in [-0.2, 0) is 0 Å². The number of thiophene rings is 1. The lowest BCUT2D eigenvalue weighted by atomic mass is 10.1. The van der Waals surface area contributed by atoms with Crippen molar-refractivity contribution >= 4 is 27.2 Å². The second kappa shape index (κ2) is 4.96. The zero-order valence-electron chi connectivity index (χ0n) is 10.3. The molecule has 0 atom stereocenters. The minimum Gasteiger partial charge on any atom is -0.287 e. The van der Waals surface area contributed by atoms with Crippen molar-refractivity contribution in [3.63, 3.8) is 0 Å². The summed E-state index contributed by atoms with van der Waals surface area (Å²) < 4.78 is 53.7.